The van der Waals surface area contributed by atoms with Crippen molar-refractivity contribution in [1.29, 1.82) is 0 Å². The third-order valence-electron chi connectivity index (χ3n) is 2.48. The summed E-state index contributed by atoms with van der Waals surface area (Å²) in [4.78, 5) is 14.1. The van der Waals surface area contributed by atoms with Crippen LogP contribution in [0.3, 0.4) is 0 Å². The molecule has 3 nitrogen and oxygen atoms in total. The lowest BCUT2D eigenvalue weighted by Gasteiger charge is -2.09. The molecule has 1 atom stereocenters. The topological polar surface area (TPSA) is 53.1 Å². The van der Waals surface area contributed by atoms with Gasteiger partial charge in [0.2, 0.25) is 5.56 Å². The number of aliphatic hydroxyl groups excluding tert-OH is 1. The number of hydrogen-bond donors (Lipinski definition) is 2. The van der Waals surface area contributed by atoms with Crippen LogP contribution in [0.5, 0.6) is 0 Å². The normalized spacial score (nSPS) is 13.0. The Bertz CT molecular complexity index is 555. The Hall–Kier alpha value is -1.61. The number of benzene rings is 1. The average molecular weight is 203 g/mol. The summed E-state index contributed by atoms with van der Waals surface area (Å²) in [6.07, 6.45) is -0.628. The fraction of sp³-hybridized carbons (Fsp3) is 0.250. The third kappa shape index (κ3) is 1.78. The van der Waals surface area contributed by atoms with Crippen LogP contribution in [0.25, 0.3) is 10.9 Å². The summed E-state index contributed by atoms with van der Waals surface area (Å²) in [6.45, 7) is 3.65. The Balaban J connectivity index is 2.88. The zero-order chi connectivity index (χ0) is 11.0. The molecule has 3 heteroatoms. The van der Waals surface area contributed by atoms with E-state index in [0.29, 0.717) is 5.56 Å². The van der Waals surface area contributed by atoms with Crippen molar-refractivity contribution in [3.05, 3.63) is 45.7 Å². The number of rotatable bonds is 1. The molecule has 0 spiro atoms. The number of aryl methyl sites for hydroxylation is 1. The maximum Gasteiger partial charge on any atom is 0.248 e. The molecule has 78 valence electrons. The van der Waals surface area contributed by atoms with E-state index in [-0.39, 0.29) is 5.56 Å². The Kier molecular flexibility index (Phi) is 2.32. The molecule has 2 aromatic rings. The molecule has 1 unspecified atom stereocenters. The number of fused-ring (bicyclic) bond motifs is 1. The Morgan fingerprint density at radius 1 is 1.33 bits per heavy atom. The molecule has 2 N–H and O–H groups in total. The number of aromatic nitrogens is 1. The number of pyridine rings is 1. The summed E-state index contributed by atoms with van der Waals surface area (Å²) < 4.78 is 0. The molecule has 1 aromatic carbocycles. The molecule has 1 aromatic heterocycles. The molecule has 0 amide bonds. The molecule has 0 saturated heterocycles. The predicted octanol–water partition coefficient (Wildman–Crippen LogP) is 1.89. The van der Waals surface area contributed by atoms with Crippen molar-refractivity contribution in [2.24, 2.45) is 0 Å². The summed E-state index contributed by atoms with van der Waals surface area (Å²) >= 11 is 0. The van der Waals surface area contributed by atoms with Gasteiger partial charge in [0.05, 0.1) is 6.10 Å². The highest BCUT2D eigenvalue weighted by atomic mass is 16.3. The van der Waals surface area contributed by atoms with Crippen molar-refractivity contribution in [3.63, 3.8) is 0 Å². The first-order chi connectivity index (χ1) is 7.08. The first-order valence-electron chi connectivity index (χ1n) is 4.89. The minimum Gasteiger partial charge on any atom is -0.389 e. The van der Waals surface area contributed by atoms with Crippen molar-refractivity contribution < 1.29 is 5.11 Å². The van der Waals surface area contributed by atoms with Gasteiger partial charge in [-0.3, -0.25) is 4.79 Å². The lowest BCUT2D eigenvalue weighted by molar-refractivity contribution is 0.200. The lowest BCUT2D eigenvalue weighted by atomic mass is 10.0. The van der Waals surface area contributed by atoms with E-state index >= 15 is 0 Å². The first kappa shape index (κ1) is 9.93. The Morgan fingerprint density at radius 2 is 2.07 bits per heavy atom. The molecule has 1 heterocycles. The zero-order valence-corrected chi connectivity index (χ0v) is 8.74. The van der Waals surface area contributed by atoms with Crippen LogP contribution in [0.2, 0.25) is 0 Å². The van der Waals surface area contributed by atoms with Crippen molar-refractivity contribution in [3.8, 4) is 0 Å². The molecule has 15 heavy (non-hydrogen) atoms. The predicted molar refractivity (Wildman–Crippen MR) is 59.9 cm³/mol. The van der Waals surface area contributed by atoms with E-state index in [1.54, 1.807) is 6.92 Å². The molecule has 0 bridgehead atoms. The van der Waals surface area contributed by atoms with Crippen molar-refractivity contribution in [2.45, 2.75) is 20.0 Å². The Labute approximate surface area is 87.4 Å². The number of hydrogen-bond acceptors (Lipinski definition) is 2. The minimum absolute atomic E-state index is 0.178. The minimum atomic E-state index is -0.628. The van der Waals surface area contributed by atoms with E-state index in [1.807, 2.05) is 25.1 Å². The van der Waals surface area contributed by atoms with E-state index in [1.165, 1.54) is 6.07 Å². The van der Waals surface area contributed by atoms with E-state index in [9.17, 15) is 9.90 Å². The van der Waals surface area contributed by atoms with Gasteiger partial charge in [0.25, 0.3) is 0 Å². The van der Waals surface area contributed by atoms with Gasteiger partial charge in [-0.25, -0.2) is 0 Å². The number of aromatic amines is 1. The maximum absolute atomic E-state index is 11.3. The van der Waals surface area contributed by atoms with Crippen LogP contribution in [0, 0.1) is 6.92 Å². The van der Waals surface area contributed by atoms with Crippen molar-refractivity contribution in [2.75, 3.05) is 0 Å². The molecule has 0 aliphatic carbocycles. The van der Waals surface area contributed by atoms with E-state index < -0.39 is 6.10 Å². The van der Waals surface area contributed by atoms with E-state index in [2.05, 4.69) is 4.98 Å². The summed E-state index contributed by atoms with van der Waals surface area (Å²) in [7, 11) is 0. The fourth-order valence-corrected chi connectivity index (χ4v) is 1.74. The summed E-state index contributed by atoms with van der Waals surface area (Å²) in [5, 5.41) is 10.5. The van der Waals surface area contributed by atoms with Crippen molar-refractivity contribution >= 4 is 10.9 Å². The smallest absolute Gasteiger partial charge is 0.248 e. The second kappa shape index (κ2) is 3.51. The van der Waals surface area contributed by atoms with Crippen molar-refractivity contribution in [1.82, 2.24) is 4.98 Å². The molecule has 0 fully saturated rings. The zero-order valence-electron chi connectivity index (χ0n) is 8.74. The highest BCUT2D eigenvalue weighted by Gasteiger charge is 2.07. The summed E-state index contributed by atoms with van der Waals surface area (Å²) in [6, 6.07) is 7.21. The van der Waals surface area contributed by atoms with Gasteiger partial charge in [-0.1, -0.05) is 11.6 Å². The number of H-pyrrole nitrogens is 1. The maximum atomic E-state index is 11.3. The molecule has 0 aliphatic heterocycles. The van der Waals surface area contributed by atoms with Crippen LogP contribution >= 0.6 is 0 Å². The average Bonchev–Trinajstić information content (AvgIpc) is 2.17. The van der Waals surface area contributed by atoms with E-state index in [0.717, 1.165) is 16.5 Å². The monoisotopic (exact) mass is 203 g/mol. The van der Waals surface area contributed by atoms with Gasteiger partial charge >= 0.3 is 0 Å². The van der Waals surface area contributed by atoms with Crippen LogP contribution in [-0.4, -0.2) is 10.1 Å². The third-order valence-corrected chi connectivity index (χ3v) is 2.48. The molecule has 0 aliphatic rings. The fourth-order valence-electron chi connectivity index (χ4n) is 1.74. The summed E-state index contributed by atoms with van der Waals surface area (Å²) in [5.41, 5.74) is 2.38. The van der Waals surface area contributed by atoms with Gasteiger partial charge in [-0.05, 0) is 31.5 Å². The standard InChI is InChI=1S/C12H13NO2/c1-7-3-4-11-10(5-7)9(8(2)14)6-12(15)13-11/h3-6,8,14H,1-2H3,(H,13,15). The van der Waals surface area contributed by atoms with Crippen LogP contribution in [0.4, 0.5) is 0 Å². The number of nitrogens with one attached hydrogen (secondary N) is 1. The highest BCUT2D eigenvalue weighted by Crippen LogP contribution is 2.21. The number of aliphatic hydroxyl groups is 1. The van der Waals surface area contributed by atoms with E-state index in [4.69, 9.17) is 0 Å². The molecular formula is C12H13NO2. The highest BCUT2D eigenvalue weighted by molar-refractivity contribution is 5.82. The lowest BCUT2D eigenvalue weighted by Crippen LogP contribution is -2.08. The summed E-state index contributed by atoms with van der Waals surface area (Å²) in [5.74, 6) is 0. The molecular weight excluding hydrogens is 190 g/mol. The first-order valence-corrected chi connectivity index (χ1v) is 4.89. The van der Waals surface area contributed by atoms with Gasteiger partial charge in [0.15, 0.2) is 0 Å². The van der Waals surface area contributed by atoms with Gasteiger partial charge in [0.1, 0.15) is 0 Å². The molecule has 0 radical (unpaired) electrons. The van der Waals surface area contributed by atoms with Gasteiger partial charge in [0, 0.05) is 17.0 Å². The van der Waals surface area contributed by atoms with Crippen LogP contribution < -0.4 is 5.56 Å². The van der Waals surface area contributed by atoms with Gasteiger partial charge in [-0.2, -0.15) is 0 Å². The second-order valence-corrected chi connectivity index (χ2v) is 3.81. The SMILES string of the molecule is Cc1ccc2[nH]c(=O)cc(C(C)O)c2c1. The largest absolute Gasteiger partial charge is 0.389 e. The van der Waals surface area contributed by atoms with Gasteiger partial charge in [-0.15, -0.1) is 0 Å². The van der Waals surface area contributed by atoms with Crippen LogP contribution in [0.1, 0.15) is 24.2 Å². The quantitative estimate of drug-likeness (QED) is 0.743. The van der Waals surface area contributed by atoms with Gasteiger partial charge < -0.3 is 10.1 Å². The molecule has 2 rings (SSSR count). The Morgan fingerprint density at radius 3 is 2.73 bits per heavy atom. The van der Waals surface area contributed by atoms with Crippen LogP contribution in [-0.2, 0) is 0 Å². The van der Waals surface area contributed by atoms with Crippen LogP contribution in [0.15, 0.2) is 29.1 Å². The molecule has 0 saturated carbocycles. The second-order valence-electron chi connectivity index (χ2n) is 3.81.